The van der Waals surface area contributed by atoms with Crippen LogP contribution in [0, 0.1) is 5.92 Å². The van der Waals surface area contributed by atoms with E-state index in [4.69, 9.17) is 10.7 Å². The Morgan fingerprint density at radius 2 is 1.91 bits per heavy atom. The van der Waals surface area contributed by atoms with Gasteiger partial charge in [-0.2, -0.15) is 0 Å². The first-order valence-electron chi connectivity index (χ1n) is 11.0. The van der Waals surface area contributed by atoms with Gasteiger partial charge in [-0.1, -0.05) is 18.2 Å². The summed E-state index contributed by atoms with van der Waals surface area (Å²) in [4.78, 5) is 31.1. The highest BCUT2D eigenvalue weighted by atomic mass is 32.1. The lowest BCUT2D eigenvalue weighted by molar-refractivity contribution is -0.127. The largest absolute Gasteiger partial charge is 0.366 e. The number of carbonyl (C=O) groups excluding carboxylic acids is 2. The van der Waals surface area contributed by atoms with Gasteiger partial charge in [-0.3, -0.25) is 14.5 Å². The summed E-state index contributed by atoms with van der Waals surface area (Å²) in [6.45, 7) is 8.77. The predicted molar refractivity (Wildman–Crippen MR) is 129 cm³/mol. The van der Waals surface area contributed by atoms with E-state index >= 15 is 0 Å². The van der Waals surface area contributed by atoms with Crippen LogP contribution < -0.4 is 11.1 Å². The number of primary amides is 1. The number of amides is 2. The second-order valence-corrected chi connectivity index (χ2v) is 10.6. The van der Waals surface area contributed by atoms with Gasteiger partial charge in [0.25, 0.3) is 0 Å². The van der Waals surface area contributed by atoms with Crippen molar-refractivity contribution in [3.05, 3.63) is 53.6 Å². The molecule has 32 heavy (non-hydrogen) atoms. The van der Waals surface area contributed by atoms with E-state index in [1.165, 1.54) is 5.56 Å². The lowest BCUT2D eigenvalue weighted by atomic mass is 9.94. The van der Waals surface area contributed by atoms with E-state index in [1.54, 1.807) is 17.4 Å². The zero-order chi connectivity index (χ0) is 22.9. The molecule has 0 atom stereocenters. The molecule has 0 aliphatic carbocycles. The Labute approximate surface area is 192 Å². The third-order valence-electron chi connectivity index (χ3n) is 5.71. The molecule has 1 aliphatic heterocycles. The van der Waals surface area contributed by atoms with Gasteiger partial charge in [-0.15, -0.1) is 11.3 Å². The average Bonchev–Trinajstić information content (AvgIpc) is 3.17. The maximum Gasteiger partial charge on any atom is 0.248 e. The fourth-order valence-electron chi connectivity index (χ4n) is 4.09. The number of piperidine rings is 1. The quantitative estimate of drug-likeness (QED) is 0.610. The molecule has 1 aromatic heterocycles. The van der Waals surface area contributed by atoms with Crippen LogP contribution in [0.3, 0.4) is 0 Å². The predicted octanol–water partition coefficient (Wildman–Crippen LogP) is 4.19. The molecule has 6 nitrogen and oxygen atoms in total. The molecule has 0 spiro atoms. The van der Waals surface area contributed by atoms with Crippen LogP contribution in [0.25, 0.3) is 20.8 Å². The minimum atomic E-state index is -0.427. The maximum atomic E-state index is 12.5. The van der Waals surface area contributed by atoms with Crippen molar-refractivity contribution in [3.8, 4) is 10.6 Å². The van der Waals surface area contributed by atoms with Gasteiger partial charge in [0.05, 0.1) is 10.2 Å². The van der Waals surface area contributed by atoms with Crippen molar-refractivity contribution in [2.45, 2.75) is 45.7 Å². The Morgan fingerprint density at radius 3 is 2.59 bits per heavy atom. The molecule has 0 saturated carbocycles. The number of nitrogens with two attached hydrogens (primary N) is 1. The summed E-state index contributed by atoms with van der Waals surface area (Å²) >= 11 is 1.57. The number of aromatic nitrogens is 1. The van der Waals surface area contributed by atoms with Gasteiger partial charge in [-0.05, 0) is 76.5 Å². The molecule has 1 fully saturated rings. The Hall–Kier alpha value is -2.77. The van der Waals surface area contributed by atoms with Crippen LogP contribution in [0.2, 0.25) is 0 Å². The van der Waals surface area contributed by atoms with Gasteiger partial charge in [-0.25, -0.2) is 4.98 Å². The molecule has 2 amide bonds. The highest BCUT2D eigenvalue weighted by Gasteiger charge is 2.27. The minimum absolute atomic E-state index is 0.102. The lowest BCUT2D eigenvalue weighted by Crippen LogP contribution is -2.46. The highest BCUT2D eigenvalue weighted by Crippen LogP contribution is 2.31. The third kappa shape index (κ3) is 5.34. The Kier molecular flexibility index (Phi) is 6.31. The second kappa shape index (κ2) is 9.00. The maximum absolute atomic E-state index is 12.5. The van der Waals surface area contributed by atoms with E-state index < -0.39 is 5.91 Å². The smallest absolute Gasteiger partial charge is 0.248 e. The molecule has 1 saturated heterocycles. The van der Waals surface area contributed by atoms with Crippen LogP contribution in [0.4, 0.5) is 0 Å². The zero-order valence-corrected chi connectivity index (χ0v) is 19.7. The van der Waals surface area contributed by atoms with E-state index in [0.717, 1.165) is 53.3 Å². The molecule has 3 N–H and O–H groups in total. The monoisotopic (exact) mass is 450 g/mol. The van der Waals surface area contributed by atoms with Crippen LogP contribution in [0.5, 0.6) is 0 Å². The van der Waals surface area contributed by atoms with Gasteiger partial charge < -0.3 is 11.1 Å². The highest BCUT2D eigenvalue weighted by molar-refractivity contribution is 7.21. The Bertz CT molecular complexity index is 1140. The average molecular weight is 451 g/mol. The van der Waals surface area contributed by atoms with Crippen molar-refractivity contribution in [2.24, 2.45) is 11.7 Å². The van der Waals surface area contributed by atoms with Gasteiger partial charge >= 0.3 is 0 Å². The van der Waals surface area contributed by atoms with Gasteiger partial charge in [0.15, 0.2) is 0 Å². The van der Waals surface area contributed by atoms with Crippen molar-refractivity contribution >= 4 is 33.4 Å². The zero-order valence-electron chi connectivity index (χ0n) is 18.9. The van der Waals surface area contributed by atoms with Crippen molar-refractivity contribution in [2.75, 3.05) is 13.1 Å². The van der Waals surface area contributed by atoms with E-state index in [2.05, 4.69) is 34.5 Å². The summed E-state index contributed by atoms with van der Waals surface area (Å²) in [6, 6.07) is 13.8. The number of thiazole rings is 1. The lowest BCUT2D eigenvalue weighted by Gasteiger charge is -2.33. The number of hydrogen-bond donors (Lipinski definition) is 2. The van der Waals surface area contributed by atoms with Crippen molar-refractivity contribution in [3.63, 3.8) is 0 Å². The van der Waals surface area contributed by atoms with Crippen LogP contribution in [-0.4, -0.2) is 40.3 Å². The second-order valence-electron chi connectivity index (χ2n) is 9.56. The summed E-state index contributed by atoms with van der Waals surface area (Å²) in [7, 11) is 0. The topological polar surface area (TPSA) is 88.3 Å². The molecule has 0 bridgehead atoms. The molecule has 2 aromatic carbocycles. The number of hydrogen-bond acceptors (Lipinski definition) is 5. The summed E-state index contributed by atoms with van der Waals surface area (Å²) in [5.41, 5.74) is 8.90. The normalized spacial score (nSPS) is 15.7. The molecular weight excluding hydrogens is 420 g/mol. The summed E-state index contributed by atoms with van der Waals surface area (Å²) in [5, 5.41) is 4.04. The van der Waals surface area contributed by atoms with Crippen LogP contribution in [0.1, 0.15) is 49.5 Å². The molecule has 4 rings (SSSR count). The van der Waals surface area contributed by atoms with Crippen LogP contribution >= 0.6 is 11.3 Å². The first-order valence-corrected chi connectivity index (χ1v) is 11.8. The van der Waals surface area contributed by atoms with Crippen LogP contribution in [0.15, 0.2) is 42.5 Å². The molecule has 2 heterocycles. The number of fused-ring (bicyclic) bond motifs is 1. The first-order chi connectivity index (χ1) is 15.2. The van der Waals surface area contributed by atoms with Crippen LogP contribution in [-0.2, 0) is 11.3 Å². The standard InChI is InChI=1S/C25H30N4O2S/c1-25(2,3)28-23(31)17-9-11-29(12-10-17)15-16-5-4-6-19(13-16)24-27-20-8-7-18(22(26)30)14-21(20)32-24/h4-8,13-14,17H,9-12,15H2,1-3H3,(H2,26,30)(H,28,31). The Morgan fingerprint density at radius 1 is 1.16 bits per heavy atom. The van der Waals surface area contributed by atoms with E-state index in [1.807, 2.05) is 32.9 Å². The number of likely N-dealkylation sites (tertiary alicyclic amines) is 1. The van der Waals surface area contributed by atoms with Crippen molar-refractivity contribution in [1.82, 2.24) is 15.2 Å². The molecular formula is C25H30N4O2S. The molecule has 7 heteroatoms. The minimum Gasteiger partial charge on any atom is -0.366 e. The molecule has 0 unspecified atom stereocenters. The number of benzene rings is 2. The number of nitrogens with one attached hydrogen (secondary N) is 1. The van der Waals surface area contributed by atoms with Gasteiger partial charge in [0.2, 0.25) is 11.8 Å². The first kappa shape index (κ1) is 22.4. The summed E-state index contributed by atoms with van der Waals surface area (Å²) < 4.78 is 0.956. The SMILES string of the molecule is CC(C)(C)NC(=O)C1CCN(Cc2cccc(-c3nc4ccc(C(N)=O)cc4s3)c2)CC1. The third-order valence-corrected chi connectivity index (χ3v) is 6.78. The van der Waals surface area contributed by atoms with E-state index in [9.17, 15) is 9.59 Å². The fourth-order valence-corrected chi connectivity index (χ4v) is 5.09. The number of rotatable bonds is 5. The van der Waals surface area contributed by atoms with E-state index in [0.29, 0.717) is 5.56 Å². The molecule has 0 radical (unpaired) electrons. The Balaban J connectivity index is 1.41. The summed E-state index contributed by atoms with van der Waals surface area (Å²) in [6.07, 6.45) is 1.78. The van der Waals surface area contributed by atoms with Crippen molar-refractivity contribution < 1.29 is 9.59 Å². The van der Waals surface area contributed by atoms with E-state index in [-0.39, 0.29) is 17.4 Å². The molecule has 3 aromatic rings. The molecule has 1 aliphatic rings. The van der Waals surface area contributed by atoms with Crippen molar-refractivity contribution in [1.29, 1.82) is 0 Å². The summed E-state index contributed by atoms with van der Waals surface area (Å²) in [5.74, 6) is -0.150. The molecule has 168 valence electrons. The fraction of sp³-hybridized carbons (Fsp3) is 0.400. The van der Waals surface area contributed by atoms with Gasteiger partial charge in [0.1, 0.15) is 5.01 Å². The number of nitrogens with zero attached hydrogens (tertiary/aromatic N) is 2. The number of carbonyl (C=O) groups is 2. The van der Waals surface area contributed by atoms with Gasteiger partial charge in [0, 0.05) is 29.1 Å².